The van der Waals surface area contributed by atoms with Crippen molar-refractivity contribution in [2.24, 2.45) is 4.99 Å². The van der Waals surface area contributed by atoms with E-state index in [1.807, 2.05) is 37.3 Å². The van der Waals surface area contributed by atoms with Crippen LogP contribution in [0.2, 0.25) is 0 Å². The maximum atomic E-state index is 11.2. The SMILES string of the molecule is CCOC(=O)CCCCCCNC(=NC)NCCCOc1ccccc1. The highest BCUT2D eigenvalue weighted by atomic mass is 16.5. The lowest BCUT2D eigenvalue weighted by molar-refractivity contribution is -0.143. The van der Waals surface area contributed by atoms with Crippen molar-refractivity contribution in [3.8, 4) is 5.75 Å². The molecule has 1 rings (SSSR count). The average molecular weight is 364 g/mol. The monoisotopic (exact) mass is 363 g/mol. The molecule has 0 saturated heterocycles. The summed E-state index contributed by atoms with van der Waals surface area (Å²) in [6.07, 6.45) is 5.52. The molecule has 0 saturated carbocycles. The van der Waals surface area contributed by atoms with E-state index in [4.69, 9.17) is 9.47 Å². The first-order chi connectivity index (χ1) is 12.8. The zero-order valence-electron chi connectivity index (χ0n) is 16.1. The Labute approximate surface area is 157 Å². The first kappa shape index (κ1) is 21.8. The third-order valence-corrected chi connectivity index (χ3v) is 3.75. The minimum absolute atomic E-state index is 0.0912. The number of guanidine groups is 1. The lowest BCUT2D eigenvalue weighted by Gasteiger charge is -2.12. The molecule has 6 nitrogen and oxygen atoms in total. The lowest BCUT2D eigenvalue weighted by Crippen LogP contribution is -2.38. The lowest BCUT2D eigenvalue weighted by atomic mass is 10.1. The number of para-hydroxylation sites is 1. The molecule has 0 radical (unpaired) electrons. The third-order valence-electron chi connectivity index (χ3n) is 3.75. The Bertz CT molecular complexity index is 506. The Morgan fingerprint density at radius 2 is 1.69 bits per heavy atom. The Kier molecular flexibility index (Phi) is 12.6. The molecule has 146 valence electrons. The van der Waals surface area contributed by atoms with Crippen LogP contribution in [0.5, 0.6) is 5.75 Å². The summed E-state index contributed by atoms with van der Waals surface area (Å²) >= 11 is 0. The van der Waals surface area contributed by atoms with Gasteiger partial charge in [-0.15, -0.1) is 0 Å². The second-order valence-corrected chi connectivity index (χ2v) is 5.91. The van der Waals surface area contributed by atoms with Crippen molar-refractivity contribution in [3.63, 3.8) is 0 Å². The molecule has 1 aromatic carbocycles. The van der Waals surface area contributed by atoms with E-state index in [0.717, 1.165) is 56.9 Å². The van der Waals surface area contributed by atoms with Gasteiger partial charge in [0.15, 0.2) is 5.96 Å². The highest BCUT2D eigenvalue weighted by Crippen LogP contribution is 2.08. The van der Waals surface area contributed by atoms with Crippen LogP contribution in [0.25, 0.3) is 0 Å². The highest BCUT2D eigenvalue weighted by molar-refractivity contribution is 5.79. The van der Waals surface area contributed by atoms with Gasteiger partial charge in [0, 0.05) is 26.6 Å². The van der Waals surface area contributed by atoms with E-state index >= 15 is 0 Å². The van der Waals surface area contributed by atoms with Crippen LogP contribution < -0.4 is 15.4 Å². The summed E-state index contributed by atoms with van der Waals surface area (Å²) in [7, 11) is 1.77. The first-order valence-electron chi connectivity index (χ1n) is 9.54. The summed E-state index contributed by atoms with van der Waals surface area (Å²) in [6, 6.07) is 9.83. The van der Waals surface area contributed by atoms with Crippen LogP contribution in [0.15, 0.2) is 35.3 Å². The number of aliphatic imine (C=N–C) groups is 1. The van der Waals surface area contributed by atoms with Gasteiger partial charge in [0.25, 0.3) is 0 Å². The van der Waals surface area contributed by atoms with E-state index in [2.05, 4.69) is 15.6 Å². The van der Waals surface area contributed by atoms with Crippen LogP contribution >= 0.6 is 0 Å². The largest absolute Gasteiger partial charge is 0.494 e. The zero-order valence-corrected chi connectivity index (χ0v) is 16.1. The van der Waals surface area contributed by atoms with Crippen molar-refractivity contribution in [1.82, 2.24) is 10.6 Å². The predicted molar refractivity (Wildman–Crippen MR) is 106 cm³/mol. The molecular formula is C20H33N3O3. The molecular weight excluding hydrogens is 330 g/mol. The number of nitrogens with zero attached hydrogens (tertiary/aromatic N) is 1. The van der Waals surface area contributed by atoms with Crippen molar-refractivity contribution >= 4 is 11.9 Å². The molecule has 0 amide bonds. The van der Waals surface area contributed by atoms with Crippen LogP contribution in [-0.2, 0) is 9.53 Å². The Morgan fingerprint density at radius 1 is 1.00 bits per heavy atom. The first-order valence-corrected chi connectivity index (χ1v) is 9.54. The third kappa shape index (κ3) is 11.3. The predicted octanol–water partition coefficient (Wildman–Crippen LogP) is 3.13. The van der Waals surface area contributed by atoms with Gasteiger partial charge in [-0.05, 0) is 38.3 Å². The maximum Gasteiger partial charge on any atom is 0.305 e. The van der Waals surface area contributed by atoms with Crippen molar-refractivity contribution in [2.75, 3.05) is 33.4 Å². The number of rotatable bonds is 13. The molecule has 0 aliphatic heterocycles. The number of benzene rings is 1. The molecule has 0 fully saturated rings. The normalized spacial score (nSPS) is 11.1. The molecule has 0 aliphatic rings. The Morgan fingerprint density at radius 3 is 2.38 bits per heavy atom. The molecule has 26 heavy (non-hydrogen) atoms. The zero-order chi connectivity index (χ0) is 18.9. The van der Waals surface area contributed by atoms with Crippen LogP contribution in [0.1, 0.15) is 45.4 Å². The van der Waals surface area contributed by atoms with Crippen molar-refractivity contribution in [1.29, 1.82) is 0 Å². The summed E-state index contributed by atoms with van der Waals surface area (Å²) in [5.74, 6) is 1.63. The molecule has 0 aromatic heterocycles. The second-order valence-electron chi connectivity index (χ2n) is 5.91. The standard InChI is InChI=1S/C20H33N3O3/c1-3-25-19(24)14-9-4-5-10-15-22-20(21-2)23-16-11-17-26-18-12-7-6-8-13-18/h6-8,12-13H,3-5,9-11,14-17H2,1-2H3,(H2,21,22,23). The number of nitrogens with one attached hydrogen (secondary N) is 2. The maximum absolute atomic E-state index is 11.2. The van der Waals surface area contributed by atoms with Crippen LogP contribution in [0, 0.1) is 0 Å². The molecule has 6 heteroatoms. The van der Waals surface area contributed by atoms with E-state index in [1.54, 1.807) is 7.05 Å². The second kappa shape index (κ2) is 15.0. The summed E-state index contributed by atoms with van der Waals surface area (Å²) in [4.78, 5) is 15.4. The number of hydrogen-bond donors (Lipinski definition) is 2. The van der Waals surface area contributed by atoms with Crippen molar-refractivity contribution in [2.45, 2.75) is 45.4 Å². The number of hydrogen-bond acceptors (Lipinski definition) is 4. The summed E-state index contributed by atoms with van der Waals surface area (Å²) in [5.41, 5.74) is 0. The van der Waals surface area contributed by atoms with Crippen LogP contribution in [0.3, 0.4) is 0 Å². The smallest absolute Gasteiger partial charge is 0.305 e. The van der Waals surface area contributed by atoms with E-state index < -0.39 is 0 Å². The van der Waals surface area contributed by atoms with Gasteiger partial charge in [-0.3, -0.25) is 9.79 Å². The molecule has 0 aliphatic carbocycles. The van der Waals surface area contributed by atoms with Gasteiger partial charge in [-0.1, -0.05) is 31.0 Å². The fourth-order valence-corrected chi connectivity index (χ4v) is 2.39. The van der Waals surface area contributed by atoms with Crippen molar-refractivity contribution in [3.05, 3.63) is 30.3 Å². The van der Waals surface area contributed by atoms with Gasteiger partial charge in [0.1, 0.15) is 5.75 Å². The summed E-state index contributed by atoms with van der Waals surface area (Å²) < 4.78 is 10.6. The Hall–Kier alpha value is -2.24. The topological polar surface area (TPSA) is 72.0 Å². The molecule has 2 N–H and O–H groups in total. The molecule has 0 bridgehead atoms. The van der Waals surface area contributed by atoms with Gasteiger partial charge in [-0.2, -0.15) is 0 Å². The minimum Gasteiger partial charge on any atom is -0.494 e. The molecule has 0 atom stereocenters. The van der Waals surface area contributed by atoms with E-state index in [0.29, 0.717) is 19.6 Å². The number of carbonyl (C=O) groups excluding carboxylic acids is 1. The molecule has 0 spiro atoms. The van der Waals surface area contributed by atoms with Crippen LogP contribution in [0.4, 0.5) is 0 Å². The number of carbonyl (C=O) groups is 1. The summed E-state index contributed by atoms with van der Waals surface area (Å²) in [5, 5.41) is 6.59. The van der Waals surface area contributed by atoms with Gasteiger partial charge in [0.05, 0.1) is 13.2 Å². The van der Waals surface area contributed by atoms with E-state index in [1.165, 1.54) is 0 Å². The summed E-state index contributed by atoms with van der Waals surface area (Å²) in [6.45, 7) is 4.66. The molecule has 0 heterocycles. The molecule has 1 aromatic rings. The Balaban J connectivity index is 1.96. The highest BCUT2D eigenvalue weighted by Gasteiger charge is 2.01. The average Bonchev–Trinajstić information content (AvgIpc) is 2.66. The van der Waals surface area contributed by atoms with Crippen molar-refractivity contribution < 1.29 is 14.3 Å². The molecule has 0 unspecified atom stereocenters. The quantitative estimate of drug-likeness (QED) is 0.244. The van der Waals surface area contributed by atoms with Gasteiger partial charge >= 0.3 is 5.97 Å². The van der Waals surface area contributed by atoms with Gasteiger partial charge in [0.2, 0.25) is 0 Å². The fraction of sp³-hybridized carbons (Fsp3) is 0.600. The fourth-order valence-electron chi connectivity index (χ4n) is 2.39. The number of ether oxygens (including phenoxy) is 2. The van der Waals surface area contributed by atoms with Gasteiger partial charge < -0.3 is 20.1 Å². The minimum atomic E-state index is -0.0912. The number of unbranched alkanes of at least 4 members (excludes halogenated alkanes) is 3. The van der Waals surface area contributed by atoms with E-state index in [9.17, 15) is 4.79 Å². The van der Waals surface area contributed by atoms with Gasteiger partial charge in [-0.25, -0.2) is 0 Å². The number of esters is 1. The van der Waals surface area contributed by atoms with Crippen LogP contribution in [-0.4, -0.2) is 45.3 Å². The van der Waals surface area contributed by atoms with E-state index in [-0.39, 0.29) is 5.97 Å².